The molecule has 6 nitrogen and oxygen atoms in total. The van der Waals surface area contributed by atoms with Crippen molar-refractivity contribution in [1.82, 2.24) is 5.32 Å². The van der Waals surface area contributed by atoms with Gasteiger partial charge in [0.05, 0.1) is 25.4 Å². The molecular weight excluding hydrogens is 767 g/mol. The third-order valence-corrected chi connectivity index (χ3v) is 12.4. The molecule has 0 fully saturated rings. The molecule has 2 atom stereocenters. The van der Waals surface area contributed by atoms with Crippen molar-refractivity contribution in [2.75, 3.05) is 13.2 Å². The van der Waals surface area contributed by atoms with Crippen LogP contribution < -0.4 is 5.32 Å². The minimum atomic E-state index is -0.855. The largest absolute Gasteiger partial charge is 0.466 e. The van der Waals surface area contributed by atoms with E-state index in [1.165, 1.54) is 173 Å². The quantitative estimate of drug-likeness (QED) is 0.0321. The maximum absolute atomic E-state index is 12.4. The molecule has 0 aromatic heterocycles. The lowest BCUT2D eigenvalue weighted by Crippen LogP contribution is -2.45. The second-order valence-electron chi connectivity index (χ2n) is 18.6. The summed E-state index contributed by atoms with van der Waals surface area (Å²) in [4.78, 5) is 24.4. The first kappa shape index (κ1) is 60.1. The van der Waals surface area contributed by atoms with E-state index >= 15 is 0 Å². The zero-order chi connectivity index (χ0) is 45.1. The van der Waals surface area contributed by atoms with Gasteiger partial charge in [-0.1, -0.05) is 237 Å². The second kappa shape index (κ2) is 51.7. The molecule has 0 aromatic rings. The van der Waals surface area contributed by atoms with Crippen LogP contribution in [0.5, 0.6) is 0 Å². The molecular formula is C56H105NO5. The van der Waals surface area contributed by atoms with Crippen LogP contribution in [-0.2, 0) is 14.3 Å². The molecule has 0 radical (unpaired) electrons. The number of hydrogen-bond acceptors (Lipinski definition) is 5. The minimum Gasteiger partial charge on any atom is -0.466 e. The molecule has 364 valence electrons. The van der Waals surface area contributed by atoms with E-state index < -0.39 is 12.1 Å². The van der Waals surface area contributed by atoms with Crippen molar-refractivity contribution in [3.8, 4) is 0 Å². The van der Waals surface area contributed by atoms with Gasteiger partial charge < -0.3 is 20.3 Å². The predicted molar refractivity (Wildman–Crippen MR) is 269 cm³/mol. The van der Waals surface area contributed by atoms with Gasteiger partial charge in [-0.15, -0.1) is 0 Å². The van der Waals surface area contributed by atoms with Crippen LogP contribution in [0.25, 0.3) is 0 Å². The SMILES string of the molecule is CCCCCCCCCCCCCCCC/C=C/C(O)C(CO)NC(=O)CCCCCCCCC/C=C\C/C=C\CCCCCOC(=O)CCCCCCCCCCCCCC. The number of amides is 1. The summed E-state index contributed by atoms with van der Waals surface area (Å²) in [5, 5.41) is 23.1. The third kappa shape index (κ3) is 47.6. The summed E-state index contributed by atoms with van der Waals surface area (Å²) in [6.07, 6.45) is 62.9. The molecule has 6 heteroatoms. The first-order valence-corrected chi connectivity index (χ1v) is 27.3. The number of aliphatic hydroxyl groups is 2. The predicted octanol–water partition coefficient (Wildman–Crippen LogP) is 16.5. The summed E-state index contributed by atoms with van der Waals surface area (Å²) >= 11 is 0. The molecule has 0 heterocycles. The Morgan fingerprint density at radius 3 is 1.23 bits per heavy atom. The van der Waals surface area contributed by atoms with Crippen molar-refractivity contribution >= 4 is 11.9 Å². The standard InChI is InChI=1S/C56H105NO5/c1-3-5-7-9-11-13-15-17-18-22-25-28-32-36-40-44-48-54(59)53(52-58)57-55(60)49-45-41-37-33-29-26-23-20-19-21-24-27-31-35-39-43-47-51-62-56(61)50-46-42-38-34-30-16-14-12-10-8-6-4-2/h19,21,27,31,44,48,53-54,58-59H,3-18,20,22-26,28-30,32-43,45-47,49-52H2,1-2H3,(H,57,60)/b21-19-,31-27-,48-44+. The fraction of sp³-hybridized carbons (Fsp3) is 0.857. The van der Waals surface area contributed by atoms with Crippen LogP contribution in [0.1, 0.15) is 284 Å². The van der Waals surface area contributed by atoms with Gasteiger partial charge in [0.2, 0.25) is 5.91 Å². The average Bonchev–Trinajstić information content (AvgIpc) is 3.27. The van der Waals surface area contributed by atoms with Crippen molar-refractivity contribution in [1.29, 1.82) is 0 Å². The molecule has 0 aliphatic rings. The number of carbonyl (C=O) groups is 2. The highest BCUT2D eigenvalue weighted by Gasteiger charge is 2.18. The summed E-state index contributed by atoms with van der Waals surface area (Å²) in [7, 11) is 0. The third-order valence-electron chi connectivity index (χ3n) is 12.4. The van der Waals surface area contributed by atoms with E-state index in [1.807, 2.05) is 6.08 Å². The number of rotatable bonds is 50. The van der Waals surface area contributed by atoms with E-state index in [1.54, 1.807) is 6.08 Å². The van der Waals surface area contributed by atoms with Gasteiger partial charge in [-0.05, 0) is 70.6 Å². The van der Waals surface area contributed by atoms with Gasteiger partial charge in [0.1, 0.15) is 0 Å². The van der Waals surface area contributed by atoms with Crippen molar-refractivity contribution in [2.24, 2.45) is 0 Å². The minimum absolute atomic E-state index is 0.0161. The van der Waals surface area contributed by atoms with E-state index in [4.69, 9.17) is 4.74 Å². The smallest absolute Gasteiger partial charge is 0.305 e. The van der Waals surface area contributed by atoms with Gasteiger partial charge >= 0.3 is 5.97 Å². The maximum Gasteiger partial charge on any atom is 0.305 e. The van der Waals surface area contributed by atoms with Gasteiger partial charge in [0.25, 0.3) is 0 Å². The van der Waals surface area contributed by atoms with Crippen LogP contribution in [-0.4, -0.2) is 47.4 Å². The van der Waals surface area contributed by atoms with Gasteiger partial charge in [-0.3, -0.25) is 9.59 Å². The lowest BCUT2D eigenvalue weighted by atomic mass is 10.0. The van der Waals surface area contributed by atoms with Crippen LogP contribution >= 0.6 is 0 Å². The van der Waals surface area contributed by atoms with Gasteiger partial charge in [-0.2, -0.15) is 0 Å². The van der Waals surface area contributed by atoms with Crippen LogP contribution in [0.15, 0.2) is 36.5 Å². The Kier molecular flexibility index (Phi) is 50.1. The molecule has 3 N–H and O–H groups in total. The average molecular weight is 872 g/mol. The normalized spacial score (nSPS) is 12.9. The summed E-state index contributed by atoms with van der Waals surface area (Å²) in [5.41, 5.74) is 0. The number of allylic oxidation sites excluding steroid dienone is 5. The maximum atomic E-state index is 12.4. The molecule has 0 rings (SSSR count). The van der Waals surface area contributed by atoms with Gasteiger partial charge in [0.15, 0.2) is 0 Å². The Balaban J connectivity index is 3.54. The number of esters is 1. The van der Waals surface area contributed by atoms with Gasteiger partial charge in [0, 0.05) is 12.8 Å². The Morgan fingerprint density at radius 1 is 0.452 bits per heavy atom. The molecule has 0 saturated carbocycles. The summed E-state index contributed by atoms with van der Waals surface area (Å²) < 4.78 is 5.44. The first-order chi connectivity index (χ1) is 30.5. The molecule has 0 bridgehead atoms. The van der Waals surface area contributed by atoms with Crippen LogP contribution in [0, 0.1) is 0 Å². The first-order valence-electron chi connectivity index (χ1n) is 27.3. The van der Waals surface area contributed by atoms with Crippen molar-refractivity contribution in [3.63, 3.8) is 0 Å². The number of unbranched alkanes of at least 4 members (excludes halogenated alkanes) is 35. The molecule has 0 spiro atoms. The van der Waals surface area contributed by atoms with Crippen LogP contribution in [0.4, 0.5) is 0 Å². The Bertz CT molecular complexity index is 1010. The van der Waals surface area contributed by atoms with Crippen molar-refractivity contribution in [3.05, 3.63) is 36.5 Å². The van der Waals surface area contributed by atoms with E-state index in [0.29, 0.717) is 19.4 Å². The van der Waals surface area contributed by atoms with Crippen LogP contribution in [0.2, 0.25) is 0 Å². The molecule has 1 amide bonds. The lowest BCUT2D eigenvalue weighted by Gasteiger charge is -2.20. The van der Waals surface area contributed by atoms with E-state index in [9.17, 15) is 19.8 Å². The van der Waals surface area contributed by atoms with E-state index in [2.05, 4.69) is 43.5 Å². The number of carbonyl (C=O) groups excluding carboxylic acids is 2. The molecule has 0 aliphatic carbocycles. The Hall–Kier alpha value is -1.92. The van der Waals surface area contributed by atoms with Crippen molar-refractivity contribution in [2.45, 2.75) is 296 Å². The van der Waals surface area contributed by atoms with E-state index in [-0.39, 0.29) is 18.5 Å². The monoisotopic (exact) mass is 872 g/mol. The van der Waals surface area contributed by atoms with Gasteiger partial charge in [-0.25, -0.2) is 0 Å². The molecule has 0 aromatic carbocycles. The highest BCUT2D eigenvalue weighted by atomic mass is 16.5. The molecule has 2 unspecified atom stereocenters. The summed E-state index contributed by atoms with van der Waals surface area (Å²) in [5.74, 6) is -0.0997. The highest BCUT2D eigenvalue weighted by Crippen LogP contribution is 2.16. The molecule has 0 aliphatic heterocycles. The number of nitrogens with one attached hydrogen (secondary N) is 1. The summed E-state index contributed by atoms with van der Waals surface area (Å²) in [6.45, 7) is 4.86. The van der Waals surface area contributed by atoms with Crippen LogP contribution in [0.3, 0.4) is 0 Å². The zero-order valence-corrected chi connectivity index (χ0v) is 41.4. The Morgan fingerprint density at radius 2 is 0.806 bits per heavy atom. The van der Waals surface area contributed by atoms with E-state index in [0.717, 1.165) is 83.5 Å². The highest BCUT2D eigenvalue weighted by molar-refractivity contribution is 5.76. The Labute approximate surface area is 385 Å². The summed E-state index contributed by atoms with van der Waals surface area (Å²) in [6, 6.07) is -0.640. The lowest BCUT2D eigenvalue weighted by molar-refractivity contribution is -0.143. The number of hydrogen-bond donors (Lipinski definition) is 3. The second-order valence-corrected chi connectivity index (χ2v) is 18.6. The zero-order valence-electron chi connectivity index (χ0n) is 41.4. The number of aliphatic hydroxyl groups excluding tert-OH is 2. The number of ether oxygens (including phenoxy) is 1. The molecule has 0 saturated heterocycles. The topological polar surface area (TPSA) is 95.9 Å². The van der Waals surface area contributed by atoms with Crippen molar-refractivity contribution < 1.29 is 24.5 Å². The fourth-order valence-corrected chi connectivity index (χ4v) is 8.19. The fourth-order valence-electron chi connectivity index (χ4n) is 8.19. The molecule has 62 heavy (non-hydrogen) atoms.